The minimum absolute atomic E-state index is 0. The van der Waals surface area contributed by atoms with Crippen molar-refractivity contribution >= 4 is 47.3 Å². The quantitative estimate of drug-likeness (QED) is 0.0160. The second-order valence-corrected chi connectivity index (χ2v) is 23.9. The van der Waals surface area contributed by atoms with E-state index in [9.17, 15) is 118 Å². The van der Waals surface area contributed by atoms with Gasteiger partial charge in [-0.2, -0.15) is 0 Å². The Labute approximate surface area is 669 Å². The van der Waals surface area contributed by atoms with E-state index in [0.29, 0.717) is 0 Å². The summed E-state index contributed by atoms with van der Waals surface area (Å²) in [4.78, 5) is 203. The zero-order valence-electron chi connectivity index (χ0n) is 59.9. The molecule has 0 saturated carbocycles. The van der Waals surface area contributed by atoms with E-state index in [2.05, 4.69) is 42.5 Å². The summed E-state index contributed by atoms with van der Waals surface area (Å²) in [5.74, 6) is -6.08. The molecule has 0 unspecified atom stereocenters. The molecule has 0 aliphatic carbocycles. The maximum absolute atomic E-state index is 12.7. The molecule has 0 bridgehead atoms. The Hall–Kier alpha value is -13.0. The predicted octanol–water partition coefficient (Wildman–Crippen LogP) is -5.97. The largest absolute Gasteiger partial charge is 4.00 e. The zero-order chi connectivity index (χ0) is 81.6. The summed E-state index contributed by atoms with van der Waals surface area (Å²) in [6, 6.07) is 28.6. The van der Waals surface area contributed by atoms with Crippen LogP contribution in [0.4, 0.5) is 0 Å². The summed E-state index contributed by atoms with van der Waals surface area (Å²) in [5, 5.41) is 105. The molecular formula is C68H78CeN20O24+2. The van der Waals surface area contributed by atoms with Gasteiger partial charge < -0.3 is 93.7 Å². The zero-order valence-corrected chi connectivity index (χ0v) is 63.0. The first kappa shape index (κ1) is 88.9. The van der Waals surface area contributed by atoms with Gasteiger partial charge in [-0.05, 0) is 48.5 Å². The van der Waals surface area contributed by atoms with Crippen molar-refractivity contribution in [2.75, 3.05) is 131 Å². The van der Waals surface area contributed by atoms with Crippen LogP contribution in [0.15, 0.2) is 184 Å². The fourth-order valence-corrected chi connectivity index (χ4v) is 10.5. The molecule has 0 saturated heterocycles. The minimum Gasteiger partial charge on any atom is -0.803 e. The topological polar surface area (TPSA) is 589 Å². The summed E-state index contributed by atoms with van der Waals surface area (Å²) in [5.41, 5.74) is -9.34. The number of amides is 8. The summed E-state index contributed by atoms with van der Waals surface area (Å²) in [6.45, 7) is 2.24. The molecule has 0 radical (unpaired) electrons. The molecule has 8 heterocycles. The molecule has 0 aliphatic heterocycles. The second kappa shape index (κ2) is 44.0. The molecule has 44 nitrogen and oxygen atoms in total. The van der Waals surface area contributed by atoms with Crippen molar-refractivity contribution in [3.8, 4) is 0 Å². The number of hydrogen-bond donors (Lipinski definition) is 14. The van der Waals surface area contributed by atoms with Crippen molar-refractivity contribution in [2.24, 2.45) is 0 Å². The number of nitrogens with one attached hydrogen (secondary N) is 8. The Kier molecular flexibility index (Phi) is 34.6. The molecular weight excluding hydrogens is 1620 g/mol. The number of hydrogen-bond acceptors (Lipinski definition) is 28. The van der Waals surface area contributed by atoms with E-state index in [4.69, 9.17) is 0 Å². The van der Waals surface area contributed by atoms with Gasteiger partial charge in [-0.15, -0.1) is 28.4 Å². The van der Waals surface area contributed by atoms with Crippen LogP contribution in [-0.2, 0) is 0 Å². The Bertz CT molecular complexity index is 4260. The Morgan fingerprint density at radius 1 is 0.230 bits per heavy atom. The molecule has 113 heavy (non-hydrogen) atoms. The smallest absolute Gasteiger partial charge is 0.803 e. The SMILES string of the molecule is O=C(NCCN(CCNC(=O)c1cccc(=O)n1O)CCN(CCNC(=O)c1cccc(=O)n1O)CCNC(=O)c1cccc(=O)n1O)c1cccc(=O)n1O.O=C(NCCN(CCNC(=O)c1cccc(=O)n1O)CCN(CCNC(=O)c1cccc(=O)n1[O-])CCNC(=O)c1cccc(=O)n1O)c1cccc(=O)n1[O-].[Ce+4]. The van der Waals surface area contributed by atoms with E-state index in [1.54, 1.807) is 9.80 Å². The predicted molar refractivity (Wildman–Crippen MR) is 391 cm³/mol. The molecule has 596 valence electrons. The van der Waals surface area contributed by atoms with Crippen LogP contribution < -0.4 is 87.0 Å². The Balaban J connectivity index is 0.000000349. The molecule has 8 aromatic heterocycles. The molecule has 0 spiro atoms. The van der Waals surface area contributed by atoms with Crippen LogP contribution in [0.1, 0.15) is 83.9 Å². The van der Waals surface area contributed by atoms with Crippen molar-refractivity contribution in [1.29, 1.82) is 0 Å². The number of nitrogens with zero attached hydrogens (tertiary/aromatic N) is 12. The van der Waals surface area contributed by atoms with E-state index in [0.717, 1.165) is 48.5 Å². The van der Waals surface area contributed by atoms with Crippen molar-refractivity contribution in [3.63, 3.8) is 0 Å². The van der Waals surface area contributed by atoms with Gasteiger partial charge >= 0.3 is 41.7 Å². The van der Waals surface area contributed by atoms with Crippen LogP contribution in [0, 0.1) is 52.2 Å². The number of aromatic nitrogens is 8. The molecule has 0 atom stereocenters. The van der Waals surface area contributed by atoms with Crippen molar-refractivity contribution in [1.82, 2.24) is 100.0 Å². The third-order valence-electron chi connectivity index (χ3n) is 16.4. The Morgan fingerprint density at radius 2 is 0.363 bits per heavy atom. The minimum atomic E-state index is -0.921. The molecule has 0 aromatic carbocycles. The fourth-order valence-electron chi connectivity index (χ4n) is 10.5. The molecule has 0 fully saturated rings. The standard InChI is InChI=1S/C34H40N10O12.C34H38N10O12.Ce/c2*45-27-9-1-5-23(41(27)53)31(49)35-13-17-39(18-14-36-32(50)24-6-2-10-28(46)42(24)54)21-22-40(19-15-37-33(51)25-7-3-11-29(47)43(25)55)20-16-38-34(52)26-8-4-12-30(48)44(26)56;/h1-12,53-56H,13-22H2,(H,35,49)(H,36,50)(H,37,51)(H,38,52);1-12,53,55H,13-22H2,(H,35,49)(H,36,50)(H,37,51)(H,38,52);/q;-2;+4. The van der Waals surface area contributed by atoms with Gasteiger partial charge in [0.15, 0.2) is 0 Å². The van der Waals surface area contributed by atoms with Gasteiger partial charge in [-0.25, -0.2) is 0 Å². The van der Waals surface area contributed by atoms with Gasteiger partial charge in [0.1, 0.15) is 45.6 Å². The van der Waals surface area contributed by atoms with E-state index >= 15 is 0 Å². The maximum Gasteiger partial charge on any atom is 4.00 e. The van der Waals surface area contributed by atoms with E-state index in [1.807, 2.05) is 9.80 Å². The fraction of sp³-hybridized carbons (Fsp3) is 0.294. The van der Waals surface area contributed by atoms with Gasteiger partial charge in [0.2, 0.25) is 11.1 Å². The maximum atomic E-state index is 12.7. The van der Waals surface area contributed by atoms with Crippen LogP contribution in [-0.4, -0.2) is 267 Å². The van der Waals surface area contributed by atoms with Crippen molar-refractivity contribution < 1.29 is 111 Å². The molecule has 8 amide bonds. The third kappa shape index (κ3) is 26.1. The average molecular weight is 1700 g/mol. The van der Waals surface area contributed by atoms with Gasteiger partial charge in [0, 0.05) is 179 Å². The van der Waals surface area contributed by atoms with Gasteiger partial charge in [0.25, 0.3) is 80.6 Å². The summed E-state index contributed by atoms with van der Waals surface area (Å²) in [7, 11) is 0. The number of carbonyl (C=O) groups is 8. The van der Waals surface area contributed by atoms with E-state index in [1.165, 1.54) is 97.1 Å². The summed E-state index contributed by atoms with van der Waals surface area (Å²) >= 11 is 0. The number of rotatable bonds is 38. The van der Waals surface area contributed by atoms with Gasteiger partial charge in [-0.1, -0.05) is 48.5 Å². The van der Waals surface area contributed by atoms with Crippen molar-refractivity contribution in [3.05, 3.63) is 284 Å². The number of pyridine rings is 8. The average Bonchev–Trinajstić information content (AvgIpc) is 0.899. The van der Waals surface area contributed by atoms with Crippen LogP contribution in [0.25, 0.3) is 0 Å². The van der Waals surface area contributed by atoms with Gasteiger partial charge in [-0.3, -0.25) is 96.3 Å². The molecule has 8 rings (SSSR count). The Morgan fingerprint density at radius 3 is 0.522 bits per heavy atom. The summed E-state index contributed by atoms with van der Waals surface area (Å²) in [6.07, 6.45) is 0. The first-order valence-electron chi connectivity index (χ1n) is 34.0. The van der Waals surface area contributed by atoms with Crippen LogP contribution >= 0.6 is 0 Å². The van der Waals surface area contributed by atoms with E-state index in [-0.39, 0.29) is 245 Å². The third-order valence-corrected chi connectivity index (χ3v) is 16.4. The molecule has 14 N–H and O–H groups in total. The first-order chi connectivity index (χ1) is 53.6. The molecule has 45 heteroatoms. The van der Waals surface area contributed by atoms with Gasteiger partial charge in [0.05, 0.1) is 0 Å². The first-order valence-corrected chi connectivity index (χ1v) is 34.0. The second-order valence-electron chi connectivity index (χ2n) is 23.9. The van der Waals surface area contributed by atoms with E-state index < -0.39 is 103 Å². The molecule has 8 aromatic rings. The number of carbonyl (C=O) groups excluding carboxylic acids is 8. The monoisotopic (exact) mass is 1700 g/mol. The van der Waals surface area contributed by atoms with Crippen LogP contribution in [0.2, 0.25) is 0 Å². The van der Waals surface area contributed by atoms with Crippen molar-refractivity contribution in [2.45, 2.75) is 0 Å². The summed E-state index contributed by atoms with van der Waals surface area (Å²) < 4.78 is 1.12. The molecule has 0 aliphatic rings. The van der Waals surface area contributed by atoms with Crippen LogP contribution in [0.5, 0.6) is 0 Å². The van der Waals surface area contributed by atoms with Crippen LogP contribution in [0.3, 0.4) is 0 Å². The normalized spacial score (nSPS) is 10.9.